The number of methoxy groups -OCH3 is 1. The smallest absolute Gasteiger partial charge is 0.744 e. The first-order chi connectivity index (χ1) is 16.2. The second-order valence-electron chi connectivity index (χ2n) is 6.84. The van der Waals surface area contributed by atoms with E-state index in [2.05, 4.69) is 14.4 Å². The molecule has 3 rings (SSSR count). The minimum atomic E-state index is -4.81. The zero-order valence-corrected chi connectivity index (χ0v) is 26.2. The summed E-state index contributed by atoms with van der Waals surface area (Å²) in [5.74, 6) is -1.13. The standard InChI is InChI=1S/C19H18N2O11S3.2Na/c1-31-17-8-5-12(33(23,24)10-9-32-35(28,29)30)11-16(17)21-20-15-7-6-13-14(19(15)22)3-2-4-18(13)34(25,26)27;;/h2-8,11,22H,9-10H2,1H3,(H,25,26,27)(H,28,29,30);;/q;2*+1/p-1. The number of sulfone groups is 1. The molecule has 0 aliphatic carbocycles. The number of hydrogen-bond acceptors (Lipinski definition) is 12. The molecule has 0 bridgehead atoms. The van der Waals surface area contributed by atoms with E-state index < -0.39 is 53.4 Å². The molecule has 37 heavy (non-hydrogen) atoms. The van der Waals surface area contributed by atoms with E-state index in [4.69, 9.17) is 9.29 Å². The molecule has 0 heterocycles. The van der Waals surface area contributed by atoms with E-state index in [9.17, 15) is 34.9 Å². The molecule has 3 aromatic carbocycles. The molecule has 18 heteroatoms. The van der Waals surface area contributed by atoms with E-state index in [-0.39, 0.29) is 91.9 Å². The van der Waals surface area contributed by atoms with Gasteiger partial charge in [-0.1, -0.05) is 18.2 Å². The van der Waals surface area contributed by atoms with Crippen LogP contribution in [0, 0.1) is 0 Å². The van der Waals surface area contributed by atoms with Crippen LogP contribution in [0.4, 0.5) is 11.4 Å². The molecule has 0 aromatic heterocycles. The van der Waals surface area contributed by atoms with Gasteiger partial charge in [0.15, 0.2) is 15.6 Å². The molecule has 0 unspecified atom stereocenters. The van der Waals surface area contributed by atoms with Gasteiger partial charge in [-0.3, -0.25) is 4.55 Å². The predicted molar refractivity (Wildman–Crippen MR) is 120 cm³/mol. The van der Waals surface area contributed by atoms with Gasteiger partial charge in [0, 0.05) is 10.8 Å². The molecule has 13 nitrogen and oxygen atoms in total. The van der Waals surface area contributed by atoms with Gasteiger partial charge in [0.25, 0.3) is 0 Å². The van der Waals surface area contributed by atoms with Crippen molar-refractivity contribution in [3.05, 3.63) is 48.5 Å². The van der Waals surface area contributed by atoms with Crippen LogP contribution in [-0.4, -0.2) is 58.9 Å². The van der Waals surface area contributed by atoms with Gasteiger partial charge in [-0.2, -0.15) is 8.42 Å². The molecule has 0 aliphatic heterocycles. The maximum atomic E-state index is 12.5. The molecule has 3 aromatic rings. The van der Waals surface area contributed by atoms with E-state index in [1.54, 1.807) is 0 Å². The van der Waals surface area contributed by atoms with E-state index in [1.807, 2.05) is 0 Å². The Balaban J connectivity index is 0.00000342. The Morgan fingerprint density at radius 1 is 0.892 bits per heavy atom. The quantitative estimate of drug-likeness (QED) is 0.142. The summed E-state index contributed by atoms with van der Waals surface area (Å²) in [6, 6.07) is 9.78. The Bertz CT molecular complexity index is 1640. The van der Waals surface area contributed by atoms with Crippen LogP contribution in [0.5, 0.6) is 11.5 Å². The molecule has 0 radical (unpaired) electrons. The van der Waals surface area contributed by atoms with Crippen molar-refractivity contribution in [2.45, 2.75) is 9.79 Å². The third kappa shape index (κ3) is 8.67. The van der Waals surface area contributed by atoms with Crippen LogP contribution in [-0.2, 0) is 34.5 Å². The van der Waals surface area contributed by atoms with Crippen LogP contribution in [0.15, 0.2) is 68.6 Å². The summed E-state index contributed by atoms with van der Waals surface area (Å²) in [5, 5.41) is 18.3. The number of phenolic OH excluding ortho intramolecular Hbond substituents is 1. The Kier molecular flexibility index (Phi) is 12.2. The first-order valence-electron chi connectivity index (χ1n) is 9.38. The summed E-state index contributed by atoms with van der Waals surface area (Å²) in [4.78, 5) is -0.800. The normalized spacial score (nSPS) is 12.2. The maximum absolute atomic E-state index is 12.5. The number of benzene rings is 3. The second-order valence-corrected chi connectivity index (χ2v) is 11.4. The summed E-state index contributed by atoms with van der Waals surface area (Å²) in [7, 11) is -12.4. The van der Waals surface area contributed by atoms with E-state index in [1.165, 1.54) is 43.5 Å². The molecular weight excluding hydrogens is 574 g/mol. The first kappa shape index (κ1) is 33.9. The van der Waals surface area contributed by atoms with Crippen molar-refractivity contribution in [1.29, 1.82) is 0 Å². The van der Waals surface area contributed by atoms with Crippen molar-refractivity contribution in [1.82, 2.24) is 0 Å². The Hall–Kier alpha value is -1.15. The zero-order chi connectivity index (χ0) is 26.0. The van der Waals surface area contributed by atoms with Crippen LogP contribution >= 0.6 is 0 Å². The minimum Gasteiger partial charge on any atom is -0.744 e. The molecule has 2 N–H and O–H groups in total. The largest absolute Gasteiger partial charge is 1.00 e. The van der Waals surface area contributed by atoms with Gasteiger partial charge in [0.2, 0.25) is 0 Å². The number of fused-ring (bicyclic) bond motifs is 1. The van der Waals surface area contributed by atoms with Crippen molar-refractivity contribution in [3.63, 3.8) is 0 Å². The zero-order valence-electron chi connectivity index (χ0n) is 19.7. The van der Waals surface area contributed by atoms with Crippen molar-refractivity contribution in [3.8, 4) is 11.5 Å². The van der Waals surface area contributed by atoms with Gasteiger partial charge in [-0.25, -0.2) is 21.0 Å². The monoisotopic (exact) mass is 591 g/mol. The number of ether oxygens (including phenoxy) is 1. The fourth-order valence-electron chi connectivity index (χ4n) is 3.02. The third-order valence-corrected chi connectivity index (χ3v) is 7.64. The summed E-state index contributed by atoms with van der Waals surface area (Å²) >= 11 is 0. The van der Waals surface area contributed by atoms with E-state index in [0.717, 1.165) is 12.1 Å². The fraction of sp³-hybridized carbons (Fsp3) is 0.158. The predicted octanol–water partition coefficient (Wildman–Crippen LogP) is -3.53. The van der Waals surface area contributed by atoms with Gasteiger partial charge in [-0.15, -0.1) is 10.2 Å². The molecule has 0 saturated carbocycles. The van der Waals surface area contributed by atoms with Crippen molar-refractivity contribution in [2.24, 2.45) is 10.2 Å². The number of aromatic hydroxyl groups is 1. The molecule has 0 atom stereocenters. The molecule has 0 spiro atoms. The van der Waals surface area contributed by atoms with Crippen LogP contribution < -0.4 is 63.9 Å². The van der Waals surface area contributed by atoms with Gasteiger partial charge >= 0.3 is 69.5 Å². The van der Waals surface area contributed by atoms with Crippen LogP contribution in [0.1, 0.15) is 0 Å². The second kappa shape index (κ2) is 13.3. The number of azo groups is 1. The Morgan fingerprint density at radius 2 is 1.54 bits per heavy atom. The molecule has 188 valence electrons. The number of hydrogen-bond donors (Lipinski definition) is 2. The third-order valence-electron chi connectivity index (χ3n) is 4.60. The molecule has 0 amide bonds. The molecular formula is C19H17N2Na2O11S3+. The van der Waals surface area contributed by atoms with Gasteiger partial charge in [0.05, 0.1) is 29.3 Å². The number of nitrogens with zero attached hydrogens (tertiary/aromatic N) is 2. The minimum absolute atomic E-state index is 0. The van der Waals surface area contributed by atoms with Crippen molar-refractivity contribution >= 4 is 52.5 Å². The SMILES string of the molecule is COc1ccc(S(=O)(=O)CCOS(=O)(=O)O)cc1N=Nc1ccc2c(S(=O)(=O)[O-])cccc2c1O.[Na+].[Na+]. The average Bonchev–Trinajstić information content (AvgIpc) is 2.76. The average molecular weight is 592 g/mol. The summed E-state index contributed by atoms with van der Waals surface area (Å²) in [5.41, 5.74) is -0.186. The molecule has 0 fully saturated rings. The summed E-state index contributed by atoms with van der Waals surface area (Å²) < 4.78 is 98.3. The van der Waals surface area contributed by atoms with Crippen LogP contribution in [0.2, 0.25) is 0 Å². The van der Waals surface area contributed by atoms with Gasteiger partial charge in [-0.05, 0) is 30.3 Å². The summed E-state index contributed by atoms with van der Waals surface area (Å²) in [6.07, 6.45) is 0. The molecule has 0 saturated heterocycles. The van der Waals surface area contributed by atoms with Gasteiger partial charge < -0.3 is 14.4 Å². The Labute approximate surface area is 257 Å². The molecule has 0 aliphatic rings. The van der Waals surface area contributed by atoms with Gasteiger partial charge in [0.1, 0.15) is 27.2 Å². The summed E-state index contributed by atoms with van der Waals surface area (Å²) in [6.45, 7) is -0.823. The van der Waals surface area contributed by atoms with E-state index in [0.29, 0.717) is 0 Å². The van der Waals surface area contributed by atoms with E-state index >= 15 is 0 Å². The number of rotatable bonds is 9. The Morgan fingerprint density at radius 3 is 2.14 bits per heavy atom. The first-order valence-corrected chi connectivity index (χ1v) is 13.8. The fourth-order valence-corrected chi connectivity index (χ4v) is 5.21. The van der Waals surface area contributed by atoms with Crippen molar-refractivity contribution < 1.29 is 107 Å². The number of phenols is 1. The van der Waals surface area contributed by atoms with Crippen LogP contribution in [0.25, 0.3) is 10.8 Å². The maximum Gasteiger partial charge on any atom is 1.00 e. The van der Waals surface area contributed by atoms with Crippen molar-refractivity contribution in [2.75, 3.05) is 19.5 Å². The topological polar surface area (TPSA) is 209 Å². The van der Waals surface area contributed by atoms with Crippen LogP contribution in [0.3, 0.4) is 0 Å².